The van der Waals surface area contributed by atoms with Gasteiger partial charge in [0.1, 0.15) is 22.7 Å². The third-order valence-electron chi connectivity index (χ3n) is 5.91. The molecule has 140 valence electrons. The zero-order valence-corrected chi connectivity index (χ0v) is 15.7. The lowest BCUT2D eigenvalue weighted by molar-refractivity contribution is 0.250. The molecule has 1 N–H and O–H groups in total. The highest BCUT2D eigenvalue weighted by molar-refractivity contribution is 5.86. The lowest BCUT2D eigenvalue weighted by atomic mass is 9.91. The second-order valence-corrected chi connectivity index (χ2v) is 7.68. The lowest BCUT2D eigenvalue weighted by Crippen LogP contribution is -2.30. The number of aromatic nitrogens is 2. The molecule has 1 saturated heterocycles. The molecule has 1 atom stereocenters. The van der Waals surface area contributed by atoms with E-state index in [0.717, 1.165) is 53.0 Å². The number of rotatable bonds is 2. The van der Waals surface area contributed by atoms with Gasteiger partial charge in [0.15, 0.2) is 5.58 Å². The van der Waals surface area contributed by atoms with E-state index in [1.165, 1.54) is 6.42 Å². The van der Waals surface area contributed by atoms with E-state index in [0.29, 0.717) is 30.2 Å². The Hall–Kier alpha value is -2.60. The minimum atomic E-state index is 0.238. The molecule has 6 nitrogen and oxygen atoms in total. The number of fused-ring (bicyclic) bond motifs is 2. The number of phenolic OH excluding ortho intramolecular Hbond substituents is 1. The van der Waals surface area contributed by atoms with E-state index in [4.69, 9.17) is 9.15 Å². The summed E-state index contributed by atoms with van der Waals surface area (Å²) in [7, 11) is 2.16. The first-order chi connectivity index (χ1) is 13.1. The summed E-state index contributed by atoms with van der Waals surface area (Å²) in [5.74, 6) is 1.42. The maximum absolute atomic E-state index is 10.7. The highest BCUT2D eigenvalue weighted by Crippen LogP contribution is 2.42. The molecule has 0 amide bonds. The second kappa shape index (κ2) is 6.23. The summed E-state index contributed by atoms with van der Waals surface area (Å²) in [6.07, 6.45) is 4.89. The number of piperidine rings is 1. The van der Waals surface area contributed by atoms with E-state index in [1.807, 2.05) is 25.3 Å². The summed E-state index contributed by atoms with van der Waals surface area (Å²) in [5, 5.41) is 19.7. The maximum atomic E-state index is 10.7. The van der Waals surface area contributed by atoms with Crippen molar-refractivity contribution in [2.75, 3.05) is 26.7 Å². The molecule has 1 fully saturated rings. The molecular weight excluding hydrogens is 342 g/mol. The van der Waals surface area contributed by atoms with Crippen LogP contribution in [0.15, 0.2) is 22.8 Å². The minimum Gasteiger partial charge on any atom is -0.507 e. The van der Waals surface area contributed by atoms with Crippen LogP contribution in [0.1, 0.15) is 35.4 Å². The molecule has 4 heterocycles. The monoisotopic (exact) mass is 365 g/mol. The SMILES string of the molecule is Cc1c(-c2ccc3c(c2O)CCO3)nnc2c(C3CCCN(C)C3)coc12. The molecule has 5 rings (SSSR count). The Morgan fingerprint density at radius 3 is 3.00 bits per heavy atom. The first kappa shape index (κ1) is 16.6. The number of nitrogens with zero attached hydrogens (tertiary/aromatic N) is 3. The van der Waals surface area contributed by atoms with Gasteiger partial charge in [0, 0.05) is 41.1 Å². The Bertz CT molecular complexity index is 1030. The van der Waals surface area contributed by atoms with Crippen LogP contribution in [0.4, 0.5) is 0 Å². The van der Waals surface area contributed by atoms with Crippen LogP contribution < -0.4 is 4.74 Å². The summed E-state index contributed by atoms with van der Waals surface area (Å²) in [5.41, 5.74) is 5.85. The van der Waals surface area contributed by atoms with Crippen molar-refractivity contribution >= 4 is 11.1 Å². The molecule has 0 bridgehead atoms. The quantitative estimate of drug-likeness (QED) is 0.747. The Labute approximate surface area is 157 Å². The highest BCUT2D eigenvalue weighted by atomic mass is 16.5. The molecule has 6 heteroatoms. The van der Waals surface area contributed by atoms with Crippen molar-refractivity contribution in [3.8, 4) is 22.8 Å². The van der Waals surface area contributed by atoms with Crippen LogP contribution in [0.3, 0.4) is 0 Å². The van der Waals surface area contributed by atoms with Gasteiger partial charge < -0.3 is 19.2 Å². The van der Waals surface area contributed by atoms with Crippen LogP contribution >= 0.6 is 0 Å². The van der Waals surface area contributed by atoms with Gasteiger partial charge in [-0.15, -0.1) is 10.2 Å². The van der Waals surface area contributed by atoms with E-state index in [9.17, 15) is 5.11 Å². The summed E-state index contributed by atoms with van der Waals surface area (Å²) in [6, 6.07) is 3.75. The Balaban J connectivity index is 1.59. The van der Waals surface area contributed by atoms with Crippen LogP contribution in [0.5, 0.6) is 11.5 Å². The second-order valence-electron chi connectivity index (χ2n) is 7.68. The van der Waals surface area contributed by atoms with Gasteiger partial charge in [-0.05, 0) is 45.5 Å². The Kier molecular flexibility index (Phi) is 3.82. The number of likely N-dealkylation sites (tertiary alicyclic amines) is 1. The van der Waals surface area contributed by atoms with Crippen molar-refractivity contribution in [3.05, 3.63) is 35.1 Å². The number of aromatic hydroxyl groups is 1. The van der Waals surface area contributed by atoms with Gasteiger partial charge in [-0.25, -0.2) is 0 Å². The average Bonchev–Trinajstić information content (AvgIpc) is 3.30. The first-order valence-electron chi connectivity index (χ1n) is 9.54. The topological polar surface area (TPSA) is 71.6 Å². The Morgan fingerprint density at radius 1 is 1.26 bits per heavy atom. The molecule has 3 aromatic rings. The van der Waals surface area contributed by atoms with Crippen molar-refractivity contribution < 1.29 is 14.3 Å². The minimum absolute atomic E-state index is 0.238. The van der Waals surface area contributed by atoms with Crippen molar-refractivity contribution in [2.45, 2.75) is 32.1 Å². The molecule has 1 aromatic carbocycles. The number of hydrogen-bond donors (Lipinski definition) is 1. The van der Waals surface area contributed by atoms with Gasteiger partial charge >= 0.3 is 0 Å². The van der Waals surface area contributed by atoms with Crippen molar-refractivity contribution in [3.63, 3.8) is 0 Å². The van der Waals surface area contributed by atoms with Crippen LogP contribution in [-0.2, 0) is 6.42 Å². The van der Waals surface area contributed by atoms with E-state index >= 15 is 0 Å². The van der Waals surface area contributed by atoms with Crippen LogP contribution in [0.2, 0.25) is 0 Å². The number of ether oxygens (including phenoxy) is 1. The van der Waals surface area contributed by atoms with Gasteiger partial charge in [0.25, 0.3) is 0 Å². The van der Waals surface area contributed by atoms with Crippen LogP contribution in [-0.4, -0.2) is 46.9 Å². The molecule has 2 aliphatic rings. The molecule has 0 aliphatic carbocycles. The molecule has 27 heavy (non-hydrogen) atoms. The van der Waals surface area contributed by atoms with Crippen molar-refractivity contribution in [2.24, 2.45) is 0 Å². The summed E-state index contributed by atoms with van der Waals surface area (Å²) in [6.45, 7) is 4.74. The van der Waals surface area contributed by atoms with Gasteiger partial charge in [0.05, 0.1) is 12.9 Å². The standard InChI is InChI=1S/C21H23N3O3/c1-12-18(15-5-6-17-14(20(15)25)7-9-26-17)22-23-19-16(11-27-21(12)19)13-4-3-8-24(2)10-13/h5-6,11,13,25H,3-4,7-10H2,1-2H3. The number of furan rings is 1. The molecule has 0 spiro atoms. The predicted octanol–water partition coefficient (Wildman–Crippen LogP) is 3.65. The zero-order chi connectivity index (χ0) is 18.5. The highest BCUT2D eigenvalue weighted by Gasteiger charge is 2.26. The van der Waals surface area contributed by atoms with Crippen LogP contribution in [0, 0.1) is 6.92 Å². The molecule has 2 aliphatic heterocycles. The fourth-order valence-electron chi connectivity index (χ4n) is 4.43. The van der Waals surface area contributed by atoms with Crippen molar-refractivity contribution in [1.29, 1.82) is 0 Å². The molecule has 2 aromatic heterocycles. The number of hydrogen-bond acceptors (Lipinski definition) is 6. The summed E-state index contributed by atoms with van der Waals surface area (Å²) >= 11 is 0. The fraction of sp³-hybridized carbons (Fsp3) is 0.429. The third-order valence-corrected chi connectivity index (χ3v) is 5.91. The number of phenols is 1. The number of likely N-dealkylation sites (N-methyl/N-ethyl adjacent to an activating group) is 1. The third kappa shape index (κ3) is 2.58. The van der Waals surface area contributed by atoms with E-state index in [1.54, 1.807) is 0 Å². The van der Waals surface area contributed by atoms with Gasteiger partial charge in [-0.3, -0.25) is 0 Å². The zero-order valence-electron chi connectivity index (χ0n) is 15.7. The first-order valence-corrected chi connectivity index (χ1v) is 9.54. The molecular formula is C21H23N3O3. The number of aryl methyl sites for hydroxylation is 1. The Morgan fingerprint density at radius 2 is 2.15 bits per heavy atom. The average molecular weight is 365 g/mol. The van der Waals surface area contributed by atoms with Crippen molar-refractivity contribution in [1.82, 2.24) is 15.1 Å². The number of benzene rings is 1. The molecule has 1 unspecified atom stereocenters. The summed E-state index contributed by atoms with van der Waals surface area (Å²) < 4.78 is 11.5. The molecule has 0 saturated carbocycles. The van der Waals surface area contributed by atoms with Crippen LogP contribution in [0.25, 0.3) is 22.4 Å². The smallest absolute Gasteiger partial charge is 0.159 e. The van der Waals surface area contributed by atoms with E-state index in [2.05, 4.69) is 22.1 Å². The van der Waals surface area contributed by atoms with Gasteiger partial charge in [0.2, 0.25) is 0 Å². The largest absolute Gasteiger partial charge is 0.507 e. The normalized spacial score (nSPS) is 20.0. The summed E-state index contributed by atoms with van der Waals surface area (Å²) in [4.78, 5) is 2.35. The fourth-order valence-corrected chi connectivity index (χ4v) is 4.43. The predicted molar refractivity (Wildman–Crippen MR) is 102 cm³/mol. The molecule has 0 radical (unpaired) electrons. The van der Waals surface area contributed by atoms with E-state index < -0.39 is 0 Å². The van der Waals surface area contributed by atoms with Gasteiger partial charge in [-0.1, -0.05) is 0 Å². The maximum Gasteiger partial charge on any atom is 0.159 e. The van der Waals surface area contributed by atoms with E-state index in [-0.39, 0.29) is 5.75 Å². The van der Waals surface area contributed by atoms with Gasteiger partial charge in [-0.2, -0.15) is 0 Å². The lowest BCUT2D eigenvalue weighted by Gasteiger charge is -2.28.